The van der Waals surface area contributed by atoms with Crippen LogP contribution in [0.5, 0.6) is 0 Å². The molecular formula is C16H17N3O2. The molecule has 21 heavy (non-hydrogen) atoms. The van der Waals surface area contributed by atoms with Crippen LogP contribution in [0.1, 0.15) is 21.5 Å². The summed E-state index contributed by atoms with van der Waals surface area (Å²) in [5.74, 6) is -0.923. The fourth-order valence-corrected chi connectivity index (χ4v) is 2.04. The standard InChI is InChI=1S/C16H17N3O2/c1-11-4-2-5-12(8-11)9-14(15(17)20)19-16(21)13-6-3-7-18-10-13/h2-8,10,14H,9H2,1H3,(H2,17,20)(H,19,21)/t14-/m0/s1. The zero-order chi connectivity index (χ0) is 15.2. The molecule has 0 unspecified atom stereocenters. The number of nitrogens with zero attached hydrogens (tertiary/aromatic N) is 1. The Kier molecular flexibility index (Phi) is 4.66. The van der Waals surface area contributed by atoms with Gasteiger partial charge in [-0.3, -0.25) is 14.6 Å². The van der Waals surface area contributed by atoms with Gasteiger partial charge in [-0.2, -0.15) is 0 Å². The van der Waals surface area contributed by atoms with E-state index in [0.717, 1.165) is 11.1 Å². The first kappa shape index (κ1) is 14.7. The van der Waals surface area contributed by atoms with Gasteiger partial charge in [0.15, 0.2) is 0 Å². The summed E-state index contributed by atoms with van der Waals surface area (Å²) in [5.41, 5.74) is 7.82. The number of hydrogen-bond donors (Lipinski definition) is 2. The Balaban J connectivity index is 2.09. The zero-order valence-electron chi connectivity index (χ0n) is 11.7. The summed E-state index contributed by atoms with van der Waals surface area (Å²) in [6.45, 7) is 1.97. The molecule has 5 heteroatoms. The Morgan fingerprint density at radius 3 is 2.71 bits per heavy atom. The van der Waals surface area contributed by atoms with Crippen molar-refractivity contribution in [3.63, 3.8) is 0 Å². The average Bonchev–Trinajstić information content (AvgIpc) is 2.47. The van der Waals surface area contributed by atoms with Crippen molar-refractivity contribution < 1.29 is 9.59 Å². The van der Waals surface area contributed by atoms with Gasteiger partial charge >= 0.3 is 0 Å². The number of nitrogens with two attached hydrogens (primary N) is 1. The number of nitrogens with one attached hydrogen (secondary N) is 1. The summed E-state index contributed by atoms with van der Waals surface area (Å²) in [4.78, 5) is 27.5. The molecule has 1 heterocycles. The second kappa shape index (κ2) is 6.65. The minimum absolute atomic E-state index is 0.362. The number of aryl methyl sites for hydroxylation is 1. The molecule has 2 aromatic rings. The Labute approximate surface area is 123 Å². The highest BCUT2D eigenvalue weighted by Crippen LogP contribution is 2.07. The highest BCUT2D eigenvalue weighted by molar-refractivity contribution is 5.97. The predicted molar refractivity (Wildman–Crippen MR) is 79.6 cm³/mol. The third-order valence-corrected chi connectivity index (χ3v) is 3.09. The molecule has 2 rings (SSSR count). The summed E-state index contributed by atoms with van der Waals surface area (Å²) >= 11 is 0. The molecule has 1 atom stereocenters. The van der Waals surface area contributed by atoms with E-state index in [9.17, 15) is 9.59 Å². The van der Waals surface area contributed by atoms with Crippen molar-refractivity contribution in [2.45, 2.75) is 19.4 Å². The van der Waals surface area contributed by atoms with Gasteiger partial charge in [-0.25, -0.2) is 0 Å². The van der Waals surface area contributed by atoms with Crippen molar-refractivity contribution in [3.05, 3.63) is 65.5 Å². The number of pyridine rings is 1. The van der Waals surface area contributed by atoms with E-state index < -0.39 is 11.9 Å². The van der Waals surface area contributed by atoms with Gasteiger partial charge in [-0.15, -0.1) is 0 Å². The van der Waals surface area contributed by atoms with E-state index in [1.807, 2.05) is 31.2 Å². The third-order valence-electron chi connectivity index (χ3n) is 3.09. The molecule has 0 bridgehead atoms. The number of primary amides is 1. The number of aromatic nitrogens is 1. The number of hydrogen-bond acceptors (Lipinski definition) is 3. The fourth-order valence-electron chi connectivity index (χ4n) is 2.04. The maximum Gasteiger partial charge on any atom is 0.253 e. The number of rotatable bonds is 5. The average molecular weight is 283 g/mol. The largest absolute Gasteiger partial charge is 0.368 e. The molecule has 0 aliphatic heterocycles. The molecule has 5 nitrogen and oxygen atoms in total. The molecule has 3 N–H and O–H groups in total. The van der Waals surface area contributed by atoms with Crippen LogP contribution in [-0.4, -0.2) is 22.8 Å². The maximum absolute atomic E-state index is 12.1. The summed E-state index contributed by atoms with van der Waals surface area (Å²) in [7, 11) is 0. The van der Waals surface area contributed by atoms with Crippen LogP contribution in [-0.2, 0) is 11.2 Å². The van der Waals surface area contributed by atoms with Gasteiger partial charge in [-0.1, -0.05) is 29.8 Å². The van der Waals surface area contributed by atoms with E-state index in [-0.39, 0.29) is 5.91 Å². The van der Waals surface area contributed by atoms with Gasteiger partial charge in [0.1, 0.15) is 6.04 Å². The monoisotopic (exact) mass is 283 g/mol. The SMILES string of the molecule is Cc1cccc(C[C@H](NC(=O)c2cccnc2)C(N)=O)c1. The van der Waals surface area contributed by atoms with Gasteiger partial charge in [0.05, 0.1) is 5.56 Å². The minimum atomic E-state index is -0.750. The first-order valence-corrected chi connectivity index (χ1v) is 6.62. The molecule has 0 spiro atoms. The zero-order valence-corrected chi connectivity index (χ0v) is 11.7. The maximum atomic E-state index is 12.1. The molecule has 108 valence electrons. The van der Waals surface area contributed by atoms with Crippen LogP contribution in [0, 0.1) is 6.92 Å². The molecule has 0 fully saturated rings. The van der Waals surface area contributed by atoms with Gasteiger partial charge in [-0.05, 0) is 24.6 Å². The molecule has 0 saturated heterocycles. The van der Waals surface area contributed by atoms with Crippen molar-refractivity contribution in [2.75, 3.05) is 0 Å². The number of amides is 2. The highest BCUT2D eigenvalue weighted by Gasteiger charge is 2.19. The molecule has 1 aromatic carbocycles. The summed E-state index contributed by atoms with van der Waals surface area (Å²) < 4.78 is 0. The van der Waals surface area contributed by atoms with E-state index in [1.165, 1.54) is 6.20 Å². The number of carbonyl (C=O) groups excluding carboxylic acids is 2. The van der Waals surface area contributed by atoms with Crippen molar-refractivity contribution in [3.8, 4) is 0 Å². The first-order chi connectivity index (χ1) is 10.1. The van der Waals surface area contributed by atoms with Crippen molar-refractivity contribution in [1.29, 1.82) is 0 Å². The minimum Gasteiger partial charge on any atom is -0.368 e. The molecule has 1 aromatic heterocycles. The summed E-state index contributed by atoms with van der Waals surface area (Å²) in [5, 5.41) is 2.65. The van der Waals surface area contributed by atoms with Crippen LogP contribution in [0.2, 0.25) is 0 Å². The molecule has 0 aliphatic rings. The fraction of sp³-hybridized carbons (Fsp3) is 0.188. The number of benzene rings is 1. The third kappa shape index (κ3) is 4.14. The van der Waals surface area contributed by atoms with E-state index >= 15 is 0 Å². The predicted octanol–water partition coefficient (Wildman–Crippen LogP) is 1.22. The van der Waals surface area contributed by atoms with E-state index in [2.05, 4.69) is 10.3 Å². The Morgan fingerprint density at radius 2 is 2.10 bits per heavy atom. The van der Waals surface area contributed by atoms with Crippen molar-refractivity contribution >= 4 is 11.8 Å². The molecule has 0 radical (unpaired) electrons. The van der Waals surface area contributed by atoms with Crippen LogP contribution in [0.25, 0.3) is 0 Å². The van der Waals surface area contributed by atoms with Gasteiger partial charge < -0.3 is 11.1 Å². The van der Waals surface area contributed by atoms with Gasteiger partial charge in [0, 0.05) is 18.8 Å². The molecule has 0 saturated carbocycles. The molecule has 0 aliphatic carbocycles. The van der Waals surface area contributed by atoms with Crippen molar-refractivity contribution in [2.24, 2.45) is 5.73 Å². The highest BCUT2D eigenvalue weighted by atomic mass is 16.2. The first-order valence-electron chi connectivity index (χ1n) is 6.62. The quantitative estimate of drug-likeness (QED) is 0.865. The summed E-state index contributed by atoms with van der Waals surface area (Å²) in [6.07, 6.45) is 3.39. The Hall–Kier alpha value is -2.69. The second-order valence-electron chi connectivity index (χ2n) is 4.86. The van der Waals surface area contributed by atoms with Crippen LogP contribution >= 0.6 is 0 Å². The summed E-state index contributed by atoms with van der Waals surface area (Å²) in [6, 6.07) is 10.3. The lowest BCUT2D eigenvalue weighted by atomic mass is 10.0. The topological polar surface area (TPSA) is 85.1 Å². The lowest BCUT2D eigenvalue weighted by Crippen LogP contribution is -2.45. The lowest BCUT2D eigenvalue weighted by molar-refractivity contribution is -0.119. The second-order valence-corrected chi connectivity index (χ2v) is 4.86. The van der Waals surface area contributed by atoms with Crippen molar-refractivity contribution in [1.82, 2.24) is 10.3 Å². The normalized spacial score (nSPS) is 11.7. The Morgan fingerprint density at radius 1 is 1.29 bits per heavy atom. The lowest BCUT2D eigenvalue weighted by Gasteiger charge is -2.15. The molecule has 2 amide bonds. The van der Waals surface area contributed by atoms with E-state index in [1.54, 1.807) is 18.3 Å². The van der Waals surface area contributed by atoms with Crippen LogP contribution < -0.4 is 11.1 Å². The number of carbonyl (C=O) groups is 2. The van der Waals surface area contributed by atoms with Crippen LogP contribution in [0.15, 0.2) is 48.8 Å². The van der Waals surface area contributed by atoms with Crippen LogP contribution in [0.4, 0.5) is 0 Å². The van der Waals surface area contributed by atoms with E-state index in [4.69, 9.17) is 5.73 Å². The van der Waals surface area contributed by atoms with Gasteiger partial charge in [0.2, 0.25) is 5.91 Å². The molecular weight excluding hydrogens is 266 g/mol. The Bertz CT molecular complexity index is 641. The smallest absolute Gasteiger partial charge is 0.253 e. The van der Waals surface area contributed by atoms with Crippen LogP contribution in [0.3, 0.4) is 0 Å². The van der Waals surface area contributed by atoms with E-state index in [0.29, 0.717) is 12.0 Å². The van der Waals surface area contributed by atoms with Gasteiger partial charge in [0.25, 0.3) is 5.91 Å².